The largest absolute Gasteiger partial charge is 0.508 e. The molecule has 0 aliphatic carbocycles. The van der Waals surface area contributed by atoms with E-state index in [-0.39, 0.29) is 11.5 Å². The Bertz CT molecular complexity index is 984. The van der Waals surface area contributed by atoms with Crippen molar-refractivity contribution in [3.8, 4) is 39.5 Å². The fourth-order valence-electron chi connectivity index (χ4n) is 2.62. The molecule has 0 aliphatic heterocycles. The molecular weight excluding hydrogens is 340 g/mol. The van der Waals surface area contributed by atoms with E-state index in [9.17, 15) is 15.0 Å². The monoisotopic (exact) mass is 360 g/mol. The van der Waals surface area contributed by atoms with Crippen LogP contribution < -0.4 is 4.74 Å². The number of phenols is 2. The van der Waals surface area contributed by atoms with E-state index in [1.807, 2.05) is 12.1 Å². The Hall–Kier alpha value is -3.53. The Labute approximate surface area is 158 Å². The van der Waals surface area contributed by atoms with E-state index in [2.05, 4.69) is 0 Å². The van der Waals surface area contributed by atoms with Gasteiger partial charge < -0.3 is 14.9 Å². The number of rotatable bonds is 4. The number of benzene rings is 3. The summed E-state index contributed by atoms with van der Waals surface area (Å²) in [7, 11) is 0. The molecule has 2 N–H and O–H groups in total. The maximum absolute atomic E-state index is 12.3. The summed E-state index contributed by atoms with van der Waals surface area (Å²) in [6.07, 6.45) is 1.70. The van der Waals surface area contributed by atoms with Crippen molar-refractivity contribution in [3.63, 3.8) is 0 Å². The number of hydrogen-bond acceptors (Lipinski definition) is 4. The summed E-state index contributed by atoms with van der Waals surface area (Å²) < 4.78 is 5.65. The van der Waals surface area contributed by atoms with Crippen molar-refractivity contribution in [1.29, 1.82) is 0 Å². The van der Waals surface area contributed by atoms with Crippen LogP contribution in [0.15, 0.2) is 78.4 Å². The molecule has 3 rings (SSSR count). The molecule has 0 aromatic heterocycles. The van der Waals surface area contributed by atoms with Crippen molar-refractivity contribution in [2.75, 3.05) is 0 Å². The molecule has 0 unspecified atom stereocenters. The zero-order valence-corrected chi connectivity index (χ0v) is 15.1. The lowest BCUT2D eigenvalue weighted by Crippen LogP contribution is -2.09. The van der Waals surface area contributed by atoms with Gasteiger partial charge in [-0.15, -0.1) is 0 Å². The molecular formula is C23H20O4. The van der Waals surface area contributed by atoms with E-state index >= 15 is 0 Å². The molecule has 0 aliphatic rings. The van der Waals surface area contributed by atoms with Gasteiger partial charge in [0.15, 0.2) is 0 Å². The number of phenolic OH excluding ortho intramolecular Hbond substituents is 2. The highest BCUT2D eigenvalue weighted by molar-refractivity contribution is 5.91. The lowest BCUT2D eigenvalue weighted by atomic mass is 9.99. The van der Waals surface area contributed by atoms with Crippen LogP contribution >= 0.6 is 0 Å². The summed E-state index contributed by atoms with van der Waals surface area (Å²) in [5.74, 6) is 0.371. The van der Waals surface area contributed by atoms with Crippen molar-refractivity contribution < 1.29 is 19.7 Å². The summed E-state index contributed by atoms with van der Waals surface area (Å²) in [6, 6.07) is 19.1. The van der Waals surface area contributed by atoms with Gasteiger partial charge in [-0.1, -0.05) is 42.5 Å². The molecule has 0 bridgehead atoms. The molecule has 0 spiro atoms. The third-order valence-electron chi connectivity index (χ3n) is 4.32. The average molecular weight is 360 g/mol. The summed E-state index contributed by atoms with van der Waals surface area (Å²) >= 11 is 0. The Balaban J connectivity index is 2.08. The summed E-state index contributed by atoms with van der Waals surface area (Å²) in [5.41, 5.74) is 3.84. The summed E-state index contributed by atoms with van der Waals surface area (Å²) in [6.45, 7) is 3.48. The number of allylic oxidation sites excluding steroid dienone is 1. The molecule has 0 atom stereocenters. The van der Waals surface area contributed by atoms with Gasteiger partial charge in [-0.3, -0.25) is 0 Å². The minimum absolute atomic E-state index is 0.169. The van der Waals surface area contributed by atoms with E-state index in [0.29, 0.717) is 11.3 Å². The lowest BCUT2D eigenvalue weighted by Gasteiger charge is -2.13. The van der Waals surface area contributed by atoms with Crippen LogP contribution in [0.2, 0.25) is 0 Å². The van der Waals surface area contributed by atoms with Gasteiger partial charge in [-0.2, -0.15) is 0 Å². The Morgan fingerprint density at radius 2 is 1.33 bits per heavy atom. The van der Waals surface area contributed by atoms with E-state index in [4.69, 9.17) is 4.74 Å². The Morgan fingerprint density at radius 1 is 0.815 bits per heavy atom. The van der Waals surface area contributed by atoms with Crippen LogP contribution in [0, 0.1) is 0 Å². The molecule has 4 nitrogen and oxygen atoms in total. The number of carbonyl (C=O) groups is 1. The first-order valence-corrected chi connectivity index (χ1v) is 8.56. The normalized spacial score (nSPS) is 11.3. The smallest absolute Gasteiger partial charge is 0.338 e. The van der Waals surface area contributed by atoms with Gasteiger partial charge in [-0.25, -0.2) is 4.79 Å². The third kappa shape index (κ3) is 4.18. The first-order chi connectivity index (χ1) is 13.0. The SMILES string of the molecule is C/C=C(\C)C(=O)Oc1cc(-c2ccc(O)cc2)ccc1-c1ccc(O)cc1. The molecule has 3 aromatic carbocycles. The molecule has 136 valence electrons. The molecule has 0 radical (unpaired) electrons. The maximum atomic E-state index is 12.3. The predicted molar refractivity (Wildman–Crippen MR) is 106 cm³/mol. The molecule has 3 aromatic rings. The second-order valence-corrected chi connectivity index (χ2v) is 6.17. The van der Waals surface area contributed by atoms with E-state index in [1.165, 1.54) is 0 Å². The van der Waals surface area contributed by atoms with Gasteiger partial charge >= 0.3 is 5.97 Å². The quantitative estimate of drug-likeness (QED) is 0.376. The zero-order valence-electron chi connectivity index (χ0n) is 15.1. The van der Waals surface area contributed by atoms with Crippen molar-refractivity contribution >= 4 is 5.97 Å². The zero-order chi connectivity index (χ0) is 19.4. The van der Waals surface area contributed by atoms with Gasteiger partial charge in [0.25, 0.3) is 0 Å². The van der Waals surface area contributed by atoms with Crippen molar-refractivity contribution in [3.05, 3.63) is 78.4 Å². The molecule has 0 amide bonds. The second-order valence-electron chi connectivity index (χ2n) is 6.17. The lowest BCUT2D eigenvalue weighted by molar-refractivity contribution is -0.130. The number of esters is 1. The van der Waals surface area contributed by atoms with Crippen LogP contribution in [0.25, 0.3) is 22.3 Å². The predicted octanol–water partition coefficient (Wildman–Crippen LogP) is 5.30. The van der Waals surface area contributed by atoms with Gasteiger partial charge in [-0.05, 0) is 60.9 Å². The van der Waals surface area contributed by atoms with Crippen LogP contribution in [-0.2, 0) is 4.79 Å². The number of carbonyl (C=O) groups excluding carboxylic acids is 1. The first-order valence-electron chi connectivity index (χ1n) is 8.56. The highest BCUT2D eigenvalue weighted by atomic mass is 16.5. The Morgan fingerprint density at radius 3 is 1.89 bits per heavy atom. The maximum Gasteiger partial charge on any atom is 0.338 e. The summed E-state index contributed by atoms with van der Waals surface area (Å²) in [4.78, 5) is 12.3. The first kappa shape index (κ1) is 18.3. The summed E-state index contributed by atoms with van der Waals surface area (Å²) in [5, 5.41) is 19.0. The van der Waals surface area contributed by atoms with Gasteiger partial charge in [0.05, 0.1) is 0 Å². The van der Waals surface area contributed by atoms with Crippen LogP contribution in [0.3, 0.4) is 0 Å². The molecule has 4 heteroatoms. The van der Waals surface area contributed by atoms with E-state index in [0.717, 1.165) is 22.3 Å². The van der Waals surface area contributed by atoms with Gasteiger partial charge in [0.2, 0.25) is 0 Å². The standard InChI is InChI=1S/C23H20O4/c1-3-15(2)23(26)27-22-14-18(16-4-9-19(24)10-5-16)8-13-21(22)17-6-11-20(25)12-7-17/h3-14,24-25H,1-2H3/b15-3+. The highest BCUT2D eigenvalue weighted by Gasteiger charge is 2.14. The second kappa shape index (κ2) is 7.79. The average Bonchev–Trinajstić information content (AvgIpc) is 2.68. The van der Waals surface area contributed by atoms with Crippen LogP contribution in [0.1, 0.15) is 13.8 Å². The molecule has 0 fully saturated rings. The van der Waals surface area contributed by atoms with Crippen LogP contribution in [-0.4, -0.2) is 16.2 Å². The van der Waals surface area contributed by atoms with Gasteiger partial charge in [0.1, 0.15) is 17.2 Å². The molecule has 0 heterocycles. The molecule has 0 saturated heterocycles. The number of aromatic hydroxyl groups is 2. The third-order valence-corrected chi connectivity index (χ3v) is 4.32. The van der Waals surface area contributed by atoms with Crippen LogP contribution in [0.5, 0.6) is 17.2 Å². The Kier molecular flexibility index (Phi) is 5.27. The number of ether oxygens (including phenoxy) is 1. The minimum atomic E-state index is -0.416. The van der Waals surface area contributed by atoms with Crippen LogP contribution in [0.4, 0.5) is 0 Å². The fourth-order valence-corrected chi connectivity index (χ4v) is 2.62. The fraction of sp³-hybridized carbons (Fsp3) is 0.0870. The van der Waals surface area contributed by atoms with Crippen molar-refractivity contribution in [2.45, 2.75) is 13.8 Å². The topological polar surface area (TPSA) is 66.8 Å². The van der Waals surface area contributed by atoms with Crippen molar-refractivity contribution in [2.24, 2.45) is 0 Å². The minimum Gasteiger partial charge on any atom is -0.508 e. The molecule has 0 saturated carbocycles. The van der Waals surface area contributed by atoms with E-state index in [1.54, 1.807) is 74.5 Å². The van der Waals surface area contributed by atoms with E-state index < -0.39 is 5.97 Å². The van der Waals surface area contributed by atoms with Crippen molar-refractivity contribution in [1.82, 2.24) is 0 Å². The molecule has 27 heavy (non-hydrogen) atoms. The highest BCUT2D eigenvalue weighted by Crippen LogP contribution is 2.35. The van der Waals surface area contributed by atoms with Gasteiger partial charge in [0, 0.05) is 11.1 Å². The number of hydrogen-bond donors (Lipinski definition) is 2.